The lowest BCUT2D eigenvalue weighted by atomic mass is 10.1. The van der Waals surface area contributed by atoms with Gasteiger partial charge >= 0.3 is 0 Å². The van der Waals surface area contributed by atoms with Gasteiger partial charge in [-0.3, -0.25) is 0 Å². The molecule has 2 unspecified atom stereocenters. The lowest BCUT2D eigenvalue weighted by molar-refractivity contribution is 0.0991. The second-order valence-electron chi connectivity index (χ2n) is 4.67. The number of hydrogen-bond acceptors (Lipinski definition) is 2. The highest BCUT2D eigenvalue weighted by atomic mass is 16.5. The number of rotatable bonds is 6. The Labute approximate surface area is 98.0 Å². The van der Waals surface area contributed by atoms with E-state index >= 15 is 0 Å². The van der Waals surface area contributed by atoms with Gasteiger partial charge in [-0.25, -0.2) is 0 Å². The summed E-state index contributed by atoms with van der Waals surface area (Å²) in [5.74, 6) is 0.897. The first-order valence-corrected chi connectivity index (χ1v) is 6.12. The van der Waals surface area contributed by atoms with Crippen LogP contribution in [0.5, 0.6) is 0 Å². The minimum atomic E-state index is 0.169. The predicted octanol–water partition coefficient (Wildman–Crippen LogP) is 2.76. The van der Waals surface area contributed by atoms with Crippen molar-refractivity contribution in [1.82, 2.24) is 5.32 Å². The normalized spacial score (nSPS) is 19.4. The molecule has 2 heteroatoms. The number of methoxy groups -OCH3 is 1. The van der Waals surface area contributed by atoms with E-state index in [1.54, 1.807) is 7.11 Å². The maximum atomic E-state index is 5.52. The third-order valence-electron chi connectivity index (χ3n) is 3.41. The predicted molar refractivity (Wildman–Crippen MR) is 66.4 cm³/mol. The molecule has 1 aliphatic carbocycles. The van der Waals surface area contributed by atoms with Crippen LogP contribution in [0.1, 0.15) is 31.4 Å². The van der Waals surface area contributed by atoms with Crippen LogP contribution in [0.25, 0.3) is 0 Å². The fourth-order valence-electron chi connectivity index (χ4n) is 2.06. The molecule has 1 fully saturated rings. The average Bonchev–Trinajstić information content (AvgIpc) is 3.15. The van der Waals surface area contributed by atoms with Gasteiger partial charge in [0.15, 0.2) is 0 Å². The first-order valence-electron chi connectivity index (χ1n) is 6.12. The highest BCUT2D eigenvalue weighted by molar-refractivity contribution is 5.17. The molecule has 2 rings (SSSR count). The van der Waals surface area contributed by atoms with E-state index in [4.69, 9.17) is 4.74 Å². The van der Waals surface area contributed by atoms with Crippen molar-refractivity contribution < 1.29 is 4.74 Å². The molecule has 0 spiro atoms. The van der Waals surface area contributed by atoms with Gasteiger partial charge < -0.3 is 10.1 Å². The van der Waals surface area contributed by atoms with Gasteiger partial charge in [0.05, 0.1) is 6.10 Å². The van der Waals surface area contributed by atoms with Crippen molar-refractivity contribution in [2.24, 2.45) is 5.92 Å². The van der Waals surface area contributed by atoms with Crippen molar-refractivity contribution in [2.75, 3.05) is 13.7 Å². The van der Waals surface area contributed by atoms with E-state index in [-0.39, 0.29) is 6.10 Å². The first kappa shape index (κ1) is 11.6. The van der Waals surface area contributed by atoms with Gasteiger partial charge in [0.25, 0.3) is 0 Å². The molecule has 2 nitrogen and oxygen atoms in total. The van der Waals surface area contributed by atoms with Crippen LogP contribution in [0, 0.1) is 5.92 Å². The SMILES string of the molecule is COC(CNC(C)C1CC1)c1ccccc1. The molecule has 16 heavy (non-hydrogen) atoms. The van der Waals surface area contributed by atoms with Crippen LogP contribution in [0.3, 0.4) is 0 Å². The lowest BCUT2D eigenvalue weighted by Crippen LogP contribution is -2.32. The van der Waals surface area contributed by atoms with Crippen LogP contribution >= 0.6 is 0 Å². The van der Waals surface area contributed by atoms with E-state index in [0.717, 1.165) is 12.5 Å². The summed E-state index contributed by atoms with van der Waals surface area (Å²) in [4.78, 5) is 0. The molecule has 88 valence electrons. The zero-order valence-electron chi connectivity index (χ0n) is 10.1. The highest BCUT2D eigenvalue weighted by Crippen LogP contribution is 2.32. The van der Waals surface area contributed by atoms with Crippen molar-refractivity contribution in [1.29, 1.82) is 0 Å². The summed E-state index contributed by atoms with van der Waals surface area (Å²) in [6, 6.07) is 11.0. The Bertz CT molecular complexity index is 308. The number of nitrogens with one attached hydrogen (secondary N) is 1. The fraction of sp³-hybridized carbons (Fsp3) is 0.571. The van der Waals surface area contributed by atoms with E-state index < -0.39 is 0 Å². The summed E-state index contributed by atoms with van der Waals surface area (Å²) in [6.07, 6.45) is 2.94. The van der Waals surface area contributed by atoms with Crippen molar-refractivity contribution >= 4 is 0 Å². The number of hydrogen-bond donors (Lipinski definition) is 1. The summed E-state index contributed by atoms with van der Waals surface area (Å²) in [6.45, 7) is 3.17. The van der Waals surface area contributed by atoms with Gasteiger partial charge in [0.1, 0.15) is 0 Å². The van der Waals surface area contributed by atoms with Crippen molar-refractivity contribution in [3.8, 4) is 0 Å². The van der Waals surface area contributed by atoms with Gasteiger partial charge in [-0.05, 0) is 31.2 Å². The summed E-state index contributed by atoms with van der Waals surface area (Å²) >= 11 is 0. The molecule has 0 heterocycles. The minimum absolute atomic E-state index is 0.169. The number of ether oxygens (including phenoxy) is 1. The molecular formula is C14H21NO. The standard InChI is InChI=1S/C14H21NO/c1-11(12-8-9-12)15-10-14(16-2)13-6-4-3-5-7-13/h3-7,11-12,14-15H,8-10H2,1-2H3. The molecule has 0 aromatic heterocycles. The molecule has 1 N–H and O–H groups in total. The van der Waals surface area contributed by atoms with E-state index in [1.165, 1.54) is 18.4 Å². The Morgan fingerprint density at radius 2 is 2.00 bits per heavy atom. The molecular weight excluding hydrogens is 198 g/mol. The topological polar surface area (TPSA) is 21.3 Å². The molecule has 0 bridgehead atoms. The van der Waals surface area contributed by atoms with Gasteiger partial charge in [-0.1, -0.05) is 30.3 Å². The Kier molecular flexibility index (Phi) is 3.97. The minimum Gasteiger partial charge on any atom is -0.375 e. The Morgan fingerprint density at radius 3 is 2.56 bits per heavy atom. The van der Waals surface area contributed by atoms with Crippen molar-refractivity contribution in [3.63, 3.8) is 0 Å². The summed E-state index contributed by atoms with van der Waals surface area (Å²) < 4.78 is 5.52. The molecule has 0 radical (unpaired) electrons. The second-order valence-corrected chi connectivity index (χ2v) is 4.67. The van der Waals surface area contributed by atoms with E-state index in [2.05, 4.69) is 36.5 Å². The van der Waals surface area contributed by atoms with Crippen LogP contribution in [-0.2, 0) is 4.74 Å². The maximum Gasteiger partial charge on any atom is 0.0945 e. The number of benzene rings is 1. The summed E-state index contributed by atoms with van der Waals surface area (Å²) in [7, 11) is 1.78. The maximum absolute atomic E-state index is 5.52. The lowest BCUT2D eigenvalue weighted by Gasteiger charge is -2.19. The third kappa shape index (κ3) is 3.06. The second kappa shape index (κ2) is 5.46. The smallest absolute Gasteiger partial charge is 0.0945 e. The van der Waals surface area contributed by atoms with Gasteiger partial charge in [0, 0.05) is 19.7 Å². The molecule has 0 aliphatic heterocycles. The molecule has 1 aliphatic rings. The van der Waals surface area contributed by atoms with Crippen LogP contribution in [0.2, 0.25) is 0 Å². The van der Waals surface area contributed by atoms with Crippen LogP contribution < -0.4 is 5.32 Å². The van der Waals surface area contributed by atoms with Crippen molar-refractivity contribution in [2.45, 2.75) is 31.9 Å². The van der Waals surface area contributed by atoms with Gasteiger partial charge in [-0.15, -0.1) is 0 Å². The Balaban J connectivity index is 1.85. The van der Waals surface area contributed by atoms with E-state index in [0.29, 0.717) is 6.04 Å². The van der Waals surface area contributed by atoms with E-state index in [1.807, 2.05) is 6.07 Å². The van der Waals surface area contributed by atoms with Crippen LogP contribution in [0.15, 0.2) is 30.3 Å². The largest absolute Gasteiger partial charge is 0.375 e. The highest BCUT2D eigenvalue weighted by Gasteiger charge is 2.27. The molecule has 0 saturated heterocycles. The molecule has 1 aromatic rings. The first-order chi connectivity index (χ1) is 7.81. The van der Waals surface area contributed by atoms with Crippen LogP contribution in [-0.4, -0.2) is 19.7 Å². The Morgan fingerprint density at radius 1 is 1.31 bits per heavy atom. The third-order valence-corrected chi connectivity index (χ3v) is 3.41. The summed E-state index contributed by atoms with van der Waals surface area (Å²) in [5.41, 5.74) is 1.25. The van der Waals surface area contributed by atoms with Gasteiger partial charge in [0.2, 0.25) is 0 Å². The fourth-order valence-corrected chi connectivity index (χ4v) is 2.06. The average molecular weight is 219 g/mol. The van der Waals surface area contributed by atoms with Gasteiger partial charge in [-0.2, -0.15) is 0 Å². The quantitative estimate of drug-likeness (QED) is 0.794. The monoisotopic (exact) mass is 219 g/mol. The Hall–Kier alpha value is -0.860. The van der Waals surface area contributed by atoms with E-state index in [9.17, 15) is 0 Å². The molecule has 1 saturated carbocycles. The van der Waals surface area contributed by atoms with Crippen molar-refractivity contribution in [3.05, 3.63) is 35.9 Å². The summed E-state index contributed by atoms with van der Waals surface area (Å²) in [5, 5.41) is 3.57. The zero-order valence-corrected chi connectivity index (χ0v) is 10.1. The zero-order chi connectivity index (χ0) is 11.4. The molecule has 1 aromatic carbocycles. The molecule has 2 atom stereocenters. The van der Waals surface area contributed by atoms with Crippen LogP contribution in [0.4, 0.5) is 0 Å². The molecule has 0 amide bonds.